The van der Waals surface area contributed by atoms with Crippen LogP contribution in [0, 0.1) is 5.82 Å². The number of rotatable bonds is 4. The molecule has 3 nitrogen and oxygen atoms in total. The summed E-state index contributed by atoms with van der Waals surface area (Å²) in [6.07, 6.45) is 0. The normalized spacial score (nSPS) is 12.1. The first kappa shape index (κ1) is 14.3. The molecule has 0 aliphatic carbocycles. The van der Waals surface area contributed by atoms with Crippen LogP contribution in [0.2, 0.25) is 0 Å². The number of anilines is 2. The Balaban J connectivity index is 2.52. The SMILES string of the molecule is COc1cccc(N(C)c2cccc(F)c2)c1C(C)N. The highest BCUT2D eigenvalue weighted by molar-refractivity contribution is 5.69. The zero-order chi connectivity index (χ0) is 14.7. The average molecular weight is 274 g/mol. The number of halogens is 1. The fourth-order valence-corrected chi connectivity index (χ4v) is 2.28. The highest BCUT2D eigenvalue weighted by Gasteiger charge is 2.17. The molecule has 1 unspecified atom stereocenters. The number of methoxy groups -OCH3 is 1. The van der Waals surface area contributed by atoms with E-state index in [4.69, 9.17) is 10.5 Å². The van der Waals surface area contributed by atoms with Gasteiger partial charge in [-0.05, 0) is 37.3 Å². The topological polar surface area (TPSA) is 38.5 Å². The van der Waals surface area contributed by atoms with E-state index in [0.717, 1.165) is 22.7 Å². The van der Waals surface area contributed by atoms with Gasteiger partial charge in [-0.1, -0.05) is 12.1 Å². The molecule has 20 heavy (non-hydrogen) atoms. The lowest BCUT2D eigenvalue weighted by molar-refractivity contribution is 0.407. The molecule has 2 aromatic carbocycles. The molecule has 0 saturated carbocycles. The van der Waals surface area contributed by atoms with E-state index in [1.807, 2.05) is 43.1 Å². The summed E-state index contributed by atoms with van der Waals surface area (Å²) in [5, 5.41) is 0. The lowest BCUT2D eigenvalue weighted by atomic mass is 10.0. The van der Waals surface area contributed by atoms with Gasteiger partial charge < -0.3 is 15.4 Å². The number of nitrogens with two attached hydrogens (primary N) is 1. The first-order chi connectivity index (χ1) is 9.54. The molecule has 0 aliphatic heterocycles. The standard InChI is InChI=1S/C16H19FN2O/c1-11(18)16-14(8-5-9-15(16)20-3)19(2)13-7-4-6-12(17)10-13/h4-11H,18H2,1-3H3. The molecule has 0 fully saturated rings. The summed E-state index contributed by atoms with van der Waals surface area (Å²) >= 11 is 0. The van der Waals surface area contributed by atoms with Crippen LogP contribution in [0.4, 0.5) is 15.8 Å². The Kier molecular flexibility index (Phi) is 4.25. The first-order valence-electron chi connectivity index (χ1n) is 6.46. The van der Waals surface area contributed by atoms with Gasteiger partial charge in [-0.25, -0.2) is 4.39 Å². The van der Waals surface area contributed by atoms with Crippen molar-refractivity contribution < 1.29 is 9.13 Å². The molecule has 2 rings (SSSR count). The summed E-state index contributed by atoms with van der Waals surface area (Å²) in [5.41, 5.74) is 8.63. The Labute approximate surface area is 118 Å². The molecular weight excluding hydrogens is 255 g/mol. The Morgan fingerprint density at radius 3 is 2.50 bits per heavy atom. The molecule has 0 bridgehead atoms. The van der Waals surface area contributed by atoms with Gasteiger partial charge in [0.1, 0.15) is 11.6 Å². The summed E-state index contributed by atoms with van der Waals surface area (Å²) in [4.78, 5) is 1.91. The van der Waals surface area contributed by atoms with Crippen molar-refractivity contribution in [3.63, 3.8) is 0 Å². The van der Waals surface area contributed by atoms with Gasteiger partial charge in [0, 0.05) is 30.0 Å². The molecule has 0 spiro atoms. The Morgan fingerprint density at radius 1 is 1.20 bits per heavy atom. The van der Waals surface area contributed by atoms with Crippen molar-refractivity contribution in [2.75, 3.05) is 19.1 Å². The molecule has 0 aromatic heterocycles. The van der Waals surface area contributed by atoms with Crippen LogP contribution in [-0.2, 0) is 0 Å². The van der Waals surface area contributed by atoms with E-state index < -0.39 is 0 Å². The van der Waals surface area contributed by atoms with Gasteiger partial charge in [0.05, 0.1) is 7.11 Å². The molecule has 0 saturated heterocycles. The van der Waals surface area contributed by atoms with Gasteiger partial charge in [-0.3, -0.25) is 0 Å². The number of nitrogens with zero attached hydrogens (tertiary/aromatic N) is 1. The minimum Gasteiger partial charge on any atom is -0.496 e. The maximum atomic E-state index is 13.4. The number of hydrogen-bond acceptors (Lipinski definition) is 3. The Morgan fingerprint density at radius 2 is 1.90 bits per heavy atom. The second kappa shape index (κ2) is 5.92. The molecule has 2 N–H and O–H groups in total. The van der Waals surface area contributed by atoms with E-state index in [9.17, 15) is 4.39 Å². The van der Waals surface area contributed by atoms with Crippen molar-refractivity contribution in [1.29, 1.82) is 0 Å². The van der Waals surface area contributed by atoms with Gasteiger partial charge in [0.2, 0.25) is 0 Å². The lowest BCUT2D eigenvalue weighted by Crippen LogP contribution is -2.16. The molecule has 4 heteroatoms. The molecule has 0 aliphatic rings. The maximum absolute atomic E-state index is 13.4. The zero-order valence-corrected chi connectivity index (χ0v) is 11.9. The van der Waals surface area contributed by atoms with Crippen molar-refractivity contribution in [2.24, 2.45) is 5.73 Å². The molecule has 106 valence electrons. The Bertz CT molecular complexity index is 599. The van der Waals surface area contributed by atoms with Gasteiger partial charge in [0.15, 0.2) is 0 Å². The molecule has 1 atom stereocenters. The predicted octanol–water partition coefficient (Wildman–Crippen LogP) is 3.62. The number of hydrogen-bond donors (Lipinski definition) is 1. The van der Waals surface area contributed by atoms with Crippen LogP contribution in [0.3, 0.4) is 0 Å². The number of ether oxygens (including phenoxy) is 1. The quantitative estimate of drug-likeness (QED) is 0.925. The third kappa shape index (κ3) is 2.75. The molecule has 0 radical (unpaired) electrons. The van der Waals surface area contributed by atoms with Gasteiger partial charge in [-0.15, -0.1) is 0 Å². The van der Waals surface area contributed by atoms with E-state index in [1.165, 1.54) is 12.1 Å². The highest BCUT2D eigenvalue weighted by atomic mass is 19.1. The fraction of sp³-hybridized carbons (Fsp3) is 0.250. The third-order valence-corrected chi connectivity index (χ3v) is 3.28. The third-order valence-electron chi connectivity index (χ3n) is 3.28. The van der Waals surface area contributed by atoms with Gasteiger partial charge >= 0.3 is 0 Å². The van der Waals surface area contributed by atoms with Crippen molar-refractivity contribution in [3.05, 3.63) is 53.8 Å². The molecule has 0 amide bonds. The van der Waals surface area contributed by atoms with Crippen molar-refractivity contribution in [1.82, 2.24) is 0 Å². The van der Waals surface area contributed by atoms with Crippen molar-refractivity contribution >= 4 is 11.4 Å². The first-order valence-corrected chi connectivity index (χ1v) is 6.46. The van der Waals surface area contributed by atoms with Gasteiger partial charge in [0.25, 0.3) is 0 Å². The second-order valence-corrected chi connectivity index (χ2v) is 4.72. The predicted molar refractivity (Wildman–Crippen MR) is 80.1 cm³/mol. The van der Waals surface area contributed by atoms with E-state index in [-0.39, 0.29) is 11.9 Å². The van der Waals surface area contributed by atoms with Crippen LogP contribution < -0.4 is 15.4 Å². The second-order valence-electron chi connectivity index (χ2n) is 4.72. The van der Waals surface area contributed by atoms with Crippen LogP contribution in [0.25, 0.3) is 0 Å². The van der Waals surface area contributed by atoms with Crippen LogP contribution in [-0.4, -0.2) is 14.2 Å². The van der Waals surface area contributed by atoms with Crippen LogP contribution in [0.5, 0.6) is 5.75 Å². The van der Waals surface area contributed by atoms with E-state index >= 15 is 0 Å². The molecule has 0 heterocycles. The van der Waals surface area contributed by atoms with Crippen LogP contribution in [0.1, 0.15) is 18.5 Å². The minimum atomic E-state index is -0.264. The minimum absolute atomic E-state index is 0.183. The summed E-state index contributed by atoms with van der Waals surface area (Å²) in [6, 6.07) is 12.0. The maximum Gasteiger partial charge on any atom is 0.125 e. The molecular formula is C16H19FN2O. The van der Waals surface area contributed by atoms with Crippen molar-refractivity contribution in [3.8, 4) is 5.75 Å². The number of benzene rings is 2. The summed E-state index contributed by atoms with van der Waals surface area (Å²) in [7, 11) is 3.50. The van der Waals surface area contributed by atoms with E-state index in [1.54, 1.807) is 13.2 Å². The van der Waals surface area contributed by atoms with E-state index in [2.05, 4.69) is 0 Å². The highest BCUT2D eigenvalue weighted by Crippen LogP contribution is 2.36. The lowest BCUT2D eigenvalue weighted by Gasteiger charge is -2.25. The molecule has 2 aromatic rings. The average Bonchev–Trinajstić information content (AvgIpc) is 2.45. The smallest absolute Gasteiger partial charge is 0.125 e. The van der Waals surface area contributed by atoms with Gasteiger partial charge in [-0.2, -0.15) is 0 Å². The monoisotopic (exact) mass is 274 g/mol. The zero-order valence-electron chi connectivity index (χ0n) is 11.9. The fourth-order valence-electron chi connectivity index (χ4n) is 2.28. The largest absolute Gasteiger partial charge is 0.496 e. The van der Waals surface area contributed by atoms with Crippen molar-refractivity contribution in [2.45, 2.75) is 13.0 Å². The Hall–Kier alpha value is -2.07. The van der Waals surface area contributed by atoms with Crippen LogP contribution in [0.15, 0.2) is 42.5 Å². The van der Waals surface area contributed by atoms with E-state index in [0.29, 0.717) is 0 Å². The summed E-state index contributed by atoms with van der Waals surface area (Å²) < 4.78 is 18.7. The summed E-state index contributed by atoms with van der Waals surface area (Å²) in [5.74, 6) is 0.473. The summed E-state index contributed by atoms with van der Waals surface area (Å²) in [6.45, 7) is 1.90. The van der Waals surface area contributed by atoms with Crippen LogP contribution >= 0.6 is 0 Å².